The molecule has 2 heterocycles. The molecule has 0 saturated carbocycles. The lowest BCUT2D eigenvalue weighted by Gasteiger charge is -2.29. The SMILES string of the molecule is Cc1cc(COc2cccc3c2CN(C2CCC(=O)NC2=O)C3=O)ccc1Cl. The number of nitrogens with zero attached hydrogens (tertiary/aromatic N) is 1. The van der Waals surface area contributed by atoms with Crippen molar-refractivity contribution in [2.45, 2.75) is 39.0 Å². The topological polar surface area (TPSA) is 75.7 Å². The molecule has 2 aliphatic rings. The lowest BCUT2D eigenvalue weighted by Crippen LogP contribution is -2.52. The first kappa shape index (κ1) is 18.5. The number of hydrogen-bond acceptors (Lipinski definition) is 4. The first-order chi connectivity index (χ1) is 13.4. The molecule has 3 amide bonds. The summed E-state index contributed by atoms with van der Waals surface area (Å²) in [5.74, 6) is -0.310. The summed E-state index contributed by atoms with van der Waals surface area (Å²) < 4.78 is 5.98. The number of ether oxygens (including phenoxy) is 1. The molecule has 1 unspecified atom stereocenters. The Bertz CT molecular complexity index is 988. The minimum absolute atomic E-state index is 0.211. The second-order valence-electron chi connectivity index (χ2n) is 7.05. The smallest absolute Gasteiger partial charge is 0.255 e. The molecule has 1 N–H and O–H groups in total. The number of halogens is 1. The molecule has 0 spiro atoms. The second-order valence-corrected chi connectivity index (χ2v) is 7.46. The minimum atomic E-state index is -0.635. The third kappa shape index (κ3) is 3.36. The Morgan fingerprint density at radius 3 is 2.79 bits per heavy atom. The summed E-state index contributed by atoms with van der Waals surface area (Å²) in [5, 5.41) is 3.01. The Balaban J connectivity index is 1.53. The van der Waals surface area contributed by atoms with Crippen molar-refractivity contribution in [3.05, 3.63) is 63.7 Å². The molecular formula is C21H19ClN2O4. The molecule has 1 saturated heterocycles. The van der Waals surface area contributed by atoms with Gasteiger partial charge in [0.15, 0.2) is 0 Å². The molecule has 4 rings (SSSR count). The third-order valence-electron chi connectivity index (χ3n) is 5.16. The van der Waals surface area contributed by atoms with Crippen molar-refractivity contribution < 1.29 is 19.1 Å². The lowest BCUT2D eigenvalue weighted by atomic mass is 10.0. The van der Waals surface area contributed by atoms with E-state index in [-0.39, 0.29) is 24.8 Å². The van der Waals surface area contributed by atoms with E-state index in [2.05, 4.69) is 5.32 Å². The van der Waals surface area contributed by atoms with Gasteiger partial charge in [0.1, 0.15) is 18.4 Å². The number of imide groups is 1. The quantitative estimate of drug-likeness (QED) is 0.803. The third-order valence-corrected chi connectivity index (χ3v) is 5.58. The van der Waals surface area contributed by atoms with E-state index >= 15 is 0 Å². The molecule has 1 atom stereocenters. The van der Waals surface area contributed by atoms with Gasteiger partial charge < -0.3 is 9.64 Å². The highest BCUT2D eigenvalue weighted by Crippen LogP contribution is 2.34. The highest BCUT2D eigenvalue weighted by molar-refractivity contribution is 6.31. The van der Waals surface area contributed by atoms with Crippen LogP contribution in [0.4, 0.5) is 0 Å². The Labute approximate surface area is 167 Å². The van der Waals surface area contributed by atoms with E-state index in [1.165, 1.54) is 4.90 Å². The number of hydrogen-bond donors (Lipinski definition) is 1. The van der Waals surface area contributed by atoms with Crippen LogP contribution in [0.2, 0.25) is 5.02 Å². The summed E-state index contributed by atoms with van der Waals surface area (Å²) in [6.45, 7) is 2.57. The van der Waals surface area contributed by atoms with Crippen LogP contribution in [0.5, 0.6) is 5.75 Å². The number of rotatable bonds is 4. The molecule has 0 aliphatic carbocycles. The molecule has 144 valence electrons. The second kappa shape index (κ2) is 7.28. The van der Waals surface area contributed by atoms with Crippen LogP contribution in [0.3, 0.4) is 0 Å². The van der Waals surface area contributed by atoms with Crippen LogP contribution in [0.1, 0.15) is 39.9 Å². The van der Waals surface area contributed by atoms with Gasteiger partial charge in [-0.25, -0.2) is 0 Å². The standard InChI is InChI=1S/C21H19ClN2O4/c1-12-9-13(5-6-16(12)22)11-28-18-4-2-3-14-15(18)10-24(21(14)27)17-7-8-19(25)23-20(17)26/h2-6,9,17H,7-8,10-11H2,1H3,(H,23,25,26). The Kier molecular flexibility index (Phi) is 4.81. The number of carbonyl (C=O) groups is 3. The first-order valence-electron chi connectivity index (χ1n) is 9.08. The summed E-state index contributed by atoms with van der Waals surface area (Å²) in [6.07, 6.45) is 0.570. The van der Waals surface area contributed by atoms with Crippen molar-refractivity contribution in [1.82, 2.24) is 10.2 Å². The summed E-state index contributed by atoms with van der Waals surface area (Å²) in [4.78, 5) is 37.9. The maximum atomic E-state index is 12.8. The van der Waals surface area contributed by atoms with Gasteiger partial charge in [0.05, 0.1) is 6.54 Å². The van der Waals surface area contributed by atoms with Crippen molar-refractivity contribution in [2.75, 3.05) is 0 Å². The lowest BCUT2D eigenvalue weighted by molar-refractivity contribution is -0.136. The first-order valence-corrected chi connectivity index (χ1v) is 9.46. The number of carbonyl (C=O) groups excluding carboxylic acids is 3. The van der Waals surface area contributed by atoms with Crippen LogP contribution in [0, 0.1) is 6.92 Å². The molecule has 0 aromatic heterocycles. The van der Waals surface area contributed by atoms with Crippen LogP contribution in [-0.2, 0) is 22.7 Å². The zero-order valence-corrected chi connectivity index (χ0v) is 16.1. The van der Waals surface area contributed by atoms with E-state index in [1.54, 1.807) is 12.1 Å². The maximum Gasteiger partial charge on any atom is 0.255 e. The number of piperidine rings is 1. The van der Waals surface area contributed by atoms with Crippen LogP contribution in [0.15, 0.2) is 36.4 Å². The maximum absolute atomic E-state index is 12.8. The van der Waals surface area contributed by atoms with Gasteiger partial charge in [0, 0.05) is 22.6 Å². The van der Waals surface area contributed by atoms with Crippen LogP contribution in [0.25, 0.3) is 0 Å². The largest absolute Gasteiger partial charge is 0.489 e. The van der Waals surface area contributed by atoms with Crippen molar-refractivity contribution in [3.8, 4) is 5.75 Å². The fourth-order valence-corrected chi connectivity index (χ4v) is 3.77. The summed E-state index contributed by atoms with van der Waals surface area (Å²) >= 11 is 6.06. The van der Waals surface area contributed by atoms with E-state index in [9.17, 15) is 14.4 Å². The summed E-state index contributed by atoms with van der Waals surface area (Å²) in [7, 11) is 0. The van der Waals surface area contributed by atoms with Crippen molar-refractivity contribution in [1.29, 1.82) is 0 Å². The average molecular weight is 399 g/mol. The van der Waals surface area contributed by atoms with E-state index in [0.717, 1.165) is 16.7 Å². The molecule has 0 bridgehead atoms. The van der Waals surface area contributed by atoms with Crippen molar-refractivity contribution in [2.24, 2.45) is 0 Å². The zero-order chi connectivity index (χ0) is 19.8. The number of amides is 3. The molecule has 2 aromatic carbocycles. The summed E-state index contributed by atoms with van der Waals surface area (Å²) in [5.41, 5.74) is 3.25. The molecule has 2 aromatic rings. The predicted molar refractivity (Wildman–Crippen MR) is 103 cm³/mol. The Morgan fingerprint density at radius 1 is 1.21 bits per heavy atom. The van der Waals surface area contributed by atoms with Gasteiger partial charge in [-0.15, -0.1) is 0 Å². The minimum Gasteiger partial charge on any atom is -0.489 e. The van der Waals surface area contributed by atoms with Gasteiger partial charge in [0.25, 0.3) is 5.91 Å². The molecule has 28 heavy (non-hydrogen) atoms. The average Bonchev–Trinajstić information content (AvgIpc) is 3.00. The van der Waals surface area contributed by atoms with Gasteiger partial charge in [-0.2, -0.15) is 0 Å². The van der Waals surface area contributed by atoms with E-state index in [0.29, 0.717) is 29.4 Å². The van der Waals surface area contributed by atoms with Crippen LogP contribution in [-0.4, -0.2) is 28.7 Å². The van der Waals surface area contributed by atoms with Crippen LogP contribution < -0.4 is 10.1 Å². The number of fused-ring (bicyclic) bond motifs is 1. The van der Waals surface area contributed by atoms with Gasteiger partial charge >= 0.3 is 0 Å². The zero-order valence-electron chi connectivity index (χ0n) is 15.3. The van der Waals surface area contributed by atoms with Gasteiger partial charge in [-0.05, 0) is 42.7 Å². The molecule has 7 heteroatoms. The molecule has 0 radical (unpaired) electrons. The molecule has 2 aliphatic heterocycles. The number of aryl methyl sites for hydroxylation is 1. The van der Waals surface area contributed by atoms with E-state index < -0.39 is 11.9 Å². The fourth-order valence-electron chi connectivity index (χ4n) is 3.65. The highest BCUT2D eigenvalue weighted by Gasteiger charge is 2.40. The fraction of sp³-hybridized carbons (Fsp3) is 0.286. The molecule has 6 nitrogen and oxygen atoms in total. The van der Waals surface area contributed by atoms with Gasteiger partial charge in [0.2, 0.25) is 11.8 Å². The Hall–Kier alpha value is -2.86. The van der Waals surface area contributed by atoms with Gasteiger partial charge in [-0.3, -0.25) is 19.7 Å². The normalized spacial score (nSPS) is 18.9. The van der Waals surface area contributed by atoms with E-state index in [1.807, 2.05) is 31.2 Å². The van der Waals surface area contributed by atoms with Gasteiger partial charge in [-0.1, -0.05) is 29.8 Å². The number of benzene rings is 2. The monoisotopic (exact) mass is 398 g/mol. The predicted octanol–water partition coefficient (Wildman–Crippen LogP) is 2.99. The van der Waals surface area contributed by atoms with E-state index in [4.69, 9.17) is 16.3 Å². The van der Waals surface area contributed by atoms with Crippen LogP contribution >= 0.6 is 11.6 Å². The number of nitrogens with one attached hydrogen (secondary N) is 1. The molecule has 1 fully saturated rings. The van der Waals surface area contributed by atoms with Crippen molar-refractivity contribution in [3.63, 3.8) is 0 Å². The van der Waals surface area contributed by atoms with Crippen molar-refractivity contribution >= 4 is 29.3 Å². The Morgan fingerprint density at radius 2 is 2.04 bits per heavy atom. The highest BCUT2D eigenvalue weighted by atomic mass is 35.5. The molecular weight excluding hydrogens is 380 g/mol. The summed E-state index contributed by atoms with van der Waals surface area (Å²) in [6, 6.07) is 10.4.